The fourth-order valence-electron chi connectivity index (χ4n) is 2.22. The third-order valence-electron chi connectivity index (χ3n) is 3.44. The van der Waals surface area contributed by atoms with E-state index in [0.29, 0.717) is 16.9 Å². The molecule has 0 aromatic heterocycles. The Bertz CT molecular complexity index is 868. The maximum Gasteiger partial charge on any atom is 0.343 e. The number of benzene rings is 3. The molecule has 0 fully saturated rings. The first-order valence-electron chi connectivity index (χ1n) is 6.77. The zero-order valence-corrected chi connectivity index (χ0v) is 11.9. The van der Waals surface area contributed by atoms with Crippen LogP contribution in [-0.4, -0.2) is 16.2 Å². The predicted molar refractivity (Wildman–Crippen MR) is 83.4 cm³/mol. The van der Waals surface area contributed by atoms with Crippen molar-refractivity contribution < 1.29 is 19.7 Å². The van der Waals surface area contributed by atoms with Gasteiger partial charge in [-0.25, -0.2) is 4.79 Å². The van der Waals surface area contributed by atoms with Gasteiger partial charge in [-0.3, -0.25) is 0 Å². The fraction of sp³-hybridized carbons (Fsp3) is 0.0556. The normalized spacial score (nSPS) is 10.6. The molecule has 0 heterocycles. The molecule has 0 saturated carbocycles. The van der Waals surface area contributed by atoms with Gasteiger partial charge in [0.25, 0.3) is 0 Å². The van der Waals surface area contributed by atoms with Gasteiger partial charge in [-0.2, -0.15) is 0 Å². The highest BCUT2D eigenvalue weighted by atomic mass is 16.5. The Balaban J connectivity index is 1.88. The summed E-state index contributed by atoms with van der Waals surface area (Å²) in [6.45, 7) is 1.73. The van der Waals surface area contributed by atoms with Crippen molar-refractivity contribution in [3.05, 3.63) is 65.7 Å². The van der Waals surface area contributed by atoms with E-state index in [4.69, 9.17) is 4.74 Å². The first-order chi connectivity index (χ1) is 10.5. The number of hydrogen-bond acceptors (Lipinski definition) is 4. The molecule has 0 aliphatic heterocycles. The van der Waals surface area contributed by atoms with Crippen LogP contribution in [0.5, 0.6) is 17.2 Å². The molecule has 0 aliphatic rings. The van der Waals surface area contributed by atoms with Gasteiger partial charge < -0.3 is 14.9 Å². The lowest BCUT2D eigenvalue weighted by Crippen LogP contribution is -2.08. The molecule has 0 saturated heterocycles. The summed E-state index contributed by atoms with van der Waals surface area (Å²) in [7, 11) is 0. The molecular formula is C18H14O4. The van der Waals surface area contributed by atoms with Crippen LogP contribution in [0, 0.1) is 6.92 Å². The molecule has 0 spiro atoms. The van der Waals surface area contributed by atoms with Crippen LogP contribution in [0.3, 0.4) is 0 Å². The van der Waals surface area contributed by atoms with Gasteiger partial charge in [0.15, 0.2) is 0 Å². The Morgan fingerprint density at radius 2 is 1.64 bits per heavy atom. The minimum Gasteiger partial charge on any atom is -0.508 e. The molecule has 0 bridgehead atoms. The van der Waals surface area contributed by atoms with Gasteiger partial charge in [-0.05, 0) is 65.7 Å². The van der Waals surface area contributed by atoms with E-state index in [1.54, 1.807) is 55.5 Å². The van der Waals surface area contributed by atoms with E-state index in [-0.39, 0.29) is 11.5 Å². The summed E-state index contributed by atoms with van der Waals surface area (Å²) in [5, 5.41) is 20.6. The molecule has 0 unspecified atom stereocenters. The van der Waals surface area contributed by atoms with E-state index >= 15 is 0 Å². The molecule has 4 nitrogen and oxygen atoms in total. The molecule has 110 valence electrons. The maximum absolute atomic E-state index is 12.2. The van der Waals surface area contributed by atoms with E-state index in [1.807, 2.05) is 0 Å². The van der Waals surface area contributed by atoms with Crippen molar-refractivity contribution >= 4 is 16.7 Å². The second kappa shape index (κ2) is 5.41. The van der Waals surface area contributed by atoms with Crippen LogP contribution in [0.1, 0.15) is 15.9 Å². The third kappa shape index (κ3) is 2.72. The maximum atomic E-state index is 12.2. The Hall–Kier alpha value is -3.01. The quantitative estimate of drug-likeness (QED) is 0.557. The molecule has 0 atom stereocenters. The summed E-state index contributed by atoms with van der Waals surface area (Å²) in [5.74, 6) is 0.249. The van der Waals surface area contributed by atoms with E-state index < -0.39 is 5.97 Å². The molecular weight excluding hydrogens is 280 g/mol. The third-order valence-corrected chi connectivity index (χ3v) is 3.44. The van der Waals surface area contributed by atoms with Crippen LogP contribution < -0.4 is 4.74 Å². The lowest BCUT2D eigenvalue weighted by atomic mass is 10.1. The molecule has 4 heteroatoms. The van der Waals surface area contributed by atoms with Crippen LogP contribution >= 0.6 is 0 Å². The molecule has 3 rings (SSSR count). The summed E-state index contributed by atoms with van der Waals surface area (Å²) in [6.07, 6.45) is 0. The number of hydrogen-bond donors (Lipinski definition) is 2. The van der Waals surface area contributed by atoms with Gasteiger partial charge in [-0.15, -0.1) is 0 Å². The van der Waals surface area contributed by atoms with Crippen molar-refractivity contribution in [2.24, 2.45) is 0 Å². The smallest absolute Gasteiger partial charge is 0.343 e. The Morgan fingerprint density at radius 1 is 0.909 bits per heavy atom. The highest BCUT2D eigenvalue weighted by Gasteiger charge is 2.10. The fourth-order valence-corrected chi connectivity index (χ4v) is 2.22. The largest absolute Gasteiger partial charge is 0.508 e. The SMILES string of the molecule is Cc1cc(OC(=O)c2ccc3cc(O)ccc3c2)ccc1O. The number of aromatic hydroxyl groups is 2. The molecule has 0 aliphatic carbocycles. The highest BCUT2D eigenvalue weighted by Crippen LogP contribution is 2.24. The number of phenolic OH excluding ortho intramolecular Hbond substituents is 2. The molecule has 0 radical (unpaired) electrons. The number of aryl methyl sites for hydroxylation is 1. The standard InChI is InChI=1S/C18H14O4/c1-11-8-16(6-7-17(11)20)22-18(21)14-3-2-13-10-15(19)5-4-12(13)9-14/h2-10,19-20H,1H3. The van der Waals surface area contributed by atoms with Gasteiger partial charge in [-0.1, -0.05) is 12.1 Å². The highest BCUT2D eigenvalue weighted by molar-refractivity contribution is 5.96. The molecule has 2 N–H and O–H groups in total. The van der Waals surface area contributed by atoms with Crippen molar-refractivity contribution in [2.45, 2.75) is 6.92 Å². The lowest BCUT2D eigenvalue weighted by molar-refractivity contribution is 0.0734. The van der Waals surface area contributed by atoms with Crippen LogP contribution in [0.4, 0.5) is 0 Å². The van der Waals surface area contributed by atoms with E-state index in [9.17, 15) is 15.0 Å². The minimum absolute atomic E-state index is 0.158. The van der Waals surface area contributed by atoms with Crippen molar-refractivity contribution in [3.8, 4) is 17.2 Å². The number of fused-ring (bicyclic) bond motifs is 1. The second-order valence-electron chi connectivity index (χ2n) is 5.08. The van der Waals surface area contributed by atoms with Gasteiger partial charge in [0.1, 0.15) is 17.2 Å². The number of phenols is 2. The van der Waals surface area contributed by atoms with Crippen molar-refractivity contribution in [1.82, 2.24) is 0 Å². The van der Waals surface area contributed by atoms with E-state index in [0.717, 1.165) is 10.8 Å². The molecule has 3 aromatic carbocycles. The zero-order chi connectivity index (χ0) is 15.7. The van der Waals surface area contributed by atoms with Crippen molar-refractivity contribution in [3.63, 3.8) is 0 Å². The first kappa shape index (κ1) is 13.9. The average Bonchev–Trinajstić information content (AvgIpc) is 2.50. The second-order valence-corrected chi connectivity index (χ2v) is 5.08. The van der Waals surface area contributed by atoms with Gasteiger partial charge in [0, 0.05) is 0 Å². The van der Waals surface area contributed by atoms with E-state index in [1.165, 1.54) is 6.07 Å². The minimum atomic E-state index is -0.472. The number of esters is 1. The van der Waals surface area contributed by atoms with Gasteiger partial charge in [0.2, 0.25) is 0 Å². The Morgan fingerprint density at radius 3 is 2.41 bits per heavy atom. The van der Waals surface area contributed by atoms with Crippen LogP contribution in [0.15, 0.2) is 54.6 Å². The summed E-state index contributed by atoms with van der Waals surface area (Å²) >= 11 is 0. The summed E-state index contributed by atoms with van der Waals surface area (Å²) in [5.41, 5.74) is 1.06. The van der Waals surface area contributed by atoms with Crippen molar-refractivity contribution in [2.75, 3.05) is 0 Å². The van der Waals surface area contributed by atoms with Gasteiger partial charge in [0.05, 0.1) is 5.56 Å². The number of rotatable bonds is 2. The zero-order valence-electron chi connectivity index (χ0n) is 11.9. The molecule has 0 amide bonds. The Labute approximate surface area is 127 Å². The number of carbonyl (C=O) groups excluding carboxylic acids is 1. The summed E-state index contributed by atoms with van der Waals surface area (Å²) in [6, 6.07) is 14.7. The molecule has 3 aromatic rings. The van der Waals surface area contributed by atoms with Gasteiger partial charge >= 0.3 is 5.97 Å². The summed E-state index contributed by atoms with van der Waals surface area (Å²) < 4.78 is 5.31. The van der Waals surface area contributed by atoms with Crippen LogP contribution in [0.2, 0.25) is 0 Å². The number of ether oxygens (including phenoxy) is 1. The number of carbonyl (C=O) groups is 1. The Kier molecular flexibility index (Phi) is 3.43. The monoisotopic (exact) mass is 294 g/mol. The lowest BCUT2D eigenvalue weighted by Gasteiger charge is -2.07. The van der Waals surface area contributed by atoms with E-state index in [2.05, 4.69) is 0 Å². The molecule has 22 heavy (non-hydrogen) atoms. The average molecular weight is 294 g/mol. The summed E-state index contributed by atoms with van der Waals surface area (Å²) in [4.78, 5) is 12.2. The topological polar surface area (TPSA) is 66.8 Å². The van der Waals surface area contributed by atoms with Crippen LogP contribution in [-0.2, 0) is 0 Å². The van der Waals surface area contributed by atoms with Crippen molar-refractivity contribution in [1.29, 1.82) is 0 Å². The first-order valence-corrected chi connectivity index (χ1v) is 6.77. The van der Waals surface area contributed by atoms with Crippen LogP contribution in [0.25, 0.3) is 10.8 Å². The predicted octanol–water partition coefficient (Wildman–Crippen LogP) is 3.78.